The summed E-state index contributed by atoms with van der Waals surface area (Å²) in [5, 5.41) is 6.45. The van der Waals surface area contributed by atoms with Crippen molar-refractivity contribution >= 4 is 34.2 Å². The predicted octanol–water partition coefficient (Wildman–Crippen LogP) is 3.83. The Labute approximate surface area is 141 Å². The number of nitrogens with one attached hydrogen (secondary N) is 2. The Bertz CT molecular complexity index is 450. The number of hydrogen-bond donors (Lipinski definition) is 2. The molecule has 1 heterocycles. The molecule has 1 amide bonds. The van der Waals surface area contributed by atoms with Gasteiger partial charge in [-0.05, 0) is 56.8 Å². The molecule has 1 atom stereocenters. The van der Waals surface area contributed by atoms with Crippen LogP contribution in [0.25, 0.3) is 0 Å². The zero-order valence-electron chi connectivity index (χ0n) is 12.4. The van der Waals surface area contributed by atoms with Crippen LogP contribution in [0.2, 0.25) is 0 Å². The third kappa shape index (κ3) is 5.97. The van der Waals surface area contributed by atoms with Crippen LogP contribution in [-0.4, -0.2) is 19.0 Å². The van der Waals surface area contributed by atoms with Gasteiger partial charge in [-0.25, -0.2) is 0 Å². The second kappa shape index (κ2) is 9.44. The molecule has 1 aromatic carbocycles. The zero-order chi connectivity index (χ0) is 14.4. The molecule has 1 unspecified atom stereocenters. The van der Waals surface area contributed by atoms with E-state index in [-0.39, 0.29) is 24.4 Å². The van der Waals surface area contributed by atoms with E-state index < -0.39 is 0 Å². The summed E-state index contributed by atoms with van der Waals surface area (Å²) in [6.07, 6.45) is 4.05. The van der Waals surface area contributed by atoms with Gasteiger partial charge in [0.25, 0.3) is 0 Å². The van der Waals surface area contributed by atoms with Crippen molar-refractivity contribution in [3.05, 3.63) is 34.3 Å². The number of hydrogen-bond acceptors (Lipinski definition) is 2. The molecular formula is C16H24BrClN2O. The standard InChI is InChI=1S/C16H23BrN2O.ClH/c1-12(14-4-2-3-5-15(14)17)19-16(20)7-6-13-8-10-18-11-9-13;/h2-5,12-13,18H,6-11H2,1H3,(H,19,20);1H. The summed E-state index contributed by atoms with van der Waals surface area (Å²) in [4.78, 5) is 12.0. The van der Waals surface area contributed by atoms with Gasteiger partial charge in [0.15, 0.2) is 0 Å². The van der Waals surface area contributed by atoms with Crippen molar-refractivity contribution in [1.29, 1.82) is 0 Å². The van der Waals surface area contributed by atoms with Gasteiger partial charge in [-0.2, -0.15) is 0 Å². The van der Waals surface area contributed by atoms with Crippen LogP contribution in [0, 0.1) is 5.92 Å². The average Bonchev–Trinajstić information content (AvgIpc) is 2.46. The van der Waals surface area contributed by atoms with Crippen molar-refractivity contribution in [2.75, 3.05) is 13.1 Å². The van der Waals surface area contributed by atoms with Gasteiger partial charge in [0.05, 0.1) is 6.04 Å². The van der Waals surface area contributed by atoms with Crippen molar-refractivity contribution in [3.8, 4) is 0 Å². The lowest BCUT2D eigenvalue weighted by molar-refractivity contribution is -0.122. The van der Waals surface area contributed by atoms with E-state index in [0.29, 0.717) is 12.3 Å². The van der Waals surface area contributed by atoms with E-state index in [1.807, 2.05) is 31.2 Å². The molecule has 1 saturated heterocycles. The van der Waals surface area contributed by atoms with E-state index in [0.717, 1.165) is 29.5 Å². The first-order valence-corrected chi connectivity index (χ1v) is 8.20. The van der Waals surface area contributed by atoms with E-state index in [1.54, 1.807) is 0 Å². The van der Waals surface area contributed by atoms with Crippen molar-refractivity contribution in [2.45, 2.75) is 38.6 Å². The molecule has 0 aromatic heterocycles. The third-order valence-electron chi connectivity index (χ3n) is 3.99. The van der Waals surface area contributed by atoms with Crippen LogP contribution in [-0.2, 0) is 4.79 Å². The minimum Gasteiger partial charge on any atom is -0.350 e. The van der Waals surface area contributed by atoms with Crippen LogP contribution in [0.1, 0.15) is 44.2 Å². The van der Waals surface area contributed by atoms with Crippen molar-refractivity contribution in [1.82, 2.24) is 10.6 Å². The van der Waals surface area contributed by atoms with Crippen LogP contribution in [0.5, 0.6) is 0 Å². The van der Waals surface area contributed by atoms with Gasteiger partial charge in [-0.15, -0.1) is 12.4 Å². The van der Waals surface area contributed by atoms with Gasteiger partial charge in [0.2, 0.25) is 5.91 Å². The Morgan fingerprint density at radius 2 is 2.05 bits per heavy atom. The van der Waals surface area contributed by atoms with Gasteiger partial charge in [-0.3, -0.25) is 4.79 Å². The smallest absolute Gasteiger partial charge is 0.220 e. The summed E-state index contributed by atoms with van der Waals surface area (Å²) in [5.74, 6) is 0.868. The highest BCUT2D eigenvalue weighted by Gasteiger charge is 2.16. The summed E-state index contributed by atoms with van der Waals surface area (Å²) < 4.78 is 1.05. The lowest BCUT2D eigenvalue weighted by atomic mass is 9.93. The monoisotopic (exact) mass is 374 g/mol. The quantitative estimate of drug-likeness (QED) is 0.821. The molecular weight excluding hydrogens is 352 g/mol. The topological polar surface area (TPSA) is 41.1 Å². The lowest BCUT2D eigenvalue weighted by Crippen LogP contribution is -2.30. The summed E-state index contributed by atoms with van der Waals surface area (Å²) in [6, 6.07) is 8.08. The number of rotatable bonds is 5. The molecule has 0 aliphatic carbocycles. The summed E-state index contributed by atoms with van der Waals surface area (Å²) >= 11 is 3.53. The summed E-state index contributed by atoms with van der Waals surface area (Å²) in [6.45, 7) is 4.22. The number of carbonyl (C=O) groups excluding carboxylic acids is 1. The summed E-state index contributed by atoms with van der Waals surface area (Å²) in [7, 11) is 0. The Balaban J connectivity index is 0.00000220. The molecule has 1 aliphatic heterocycles. The molecule has 1 aliphatic rings. The van der Waals surface area contributed by atoms with Crippen molar-refractivity contribution in [3.63, 3.8) is 0 Å². The Morgan fingerprint density at radius 1 is 1.38 bits per heavy atom. The zero-order valence-corrected chi connectivity index (χ0v) is 14.8. The van der Waals surface area contributed by atoms with Crippen LogP contribution < -0.4 is 10.6 Å². The first kappa shape index (κ1) is 18.5. The van der Waals surface area contributed by atoms with Crippen LogP contribution >= 0.6 is 28.3 Å². The number of halogens is 2. The molecule has 5 heteroatoms. The predicted molar refractivity (Wildman–Crippen MR) is 92.8 cm³/mol. The highest BCUT2D eigenvalue weighted by molar-refractivity contribution is 9.10. The van der Waals surface area contributed by atoms with Gasteiger partial charge < -0.3 is 10.6 Å². The van der Waals surface area contributed by atoms with Gasteiger partial charge in [-0.1, -0.05) is 34.1 Å². The number of amides is 1. The Hall–Kier alpha value is -0.580. The molecule has 21 heavy (non-hydrogen) atoms. The average molecular weight is 376 g/mol. The molecule has 0 bridgehead atoms. The van der Waals surface area contributed by atoms with Crippen molar-refractivity contribution < 1.29 is 4.79 Å². The second-order valence-corrected chi connectivity index (χ2v) is 6.40. The lowest BCUT2D eigenvalue weighted by Gasteiger charge is -2.22. The fourth-order valence-electron chi connectivity index (χ4n) is 2.72. The van der Waals surface area contributed by atoms with Gasteiger partial charge in [0.1, 0.15) is 0 Å². The maximum Gasteiger partial charge on any atom is 0.220 e. The third-order valence-corrected chi connectivity index (χ3v) is 4.71. The van der Waals surface area contributed by atoms with Gasteiger partial charge >= 0.3 is 0 Å². The Morgan fingerprint density at radius 3 is 2.71 bits per heavy atom. The van der Waals surface area contributed by atoms with Crippen LogP contribution in [0.3, 0.4) is 0 Å². The normalized spacial score (nSPS) is 16.9. The first-order chi connectivity index (χ1) is 9.66. The minimum atomic E-state index is 0. The van der Waals surface area contributed by atoms with E-state index in [4.69, 9.17) is 0 Å². The summed E-state index contributed by atoms with van der Waals surface area (Å²) in [5.41, 5.74) is 1.13. The molecule has 0 saturated carbocycles. The highest BCUT2D eigenvalue weighted by Crippen LogP contribution is 2.23. The Kier molecular flexibility index (Phi) is 8.30. The maximum absolute atomic E-state index is 12.0. The van der Waals surface area contributed by atoms with Crippen LogP contribution in [0.4, 0.5) is 0 Å². The van der Waals surface area contributed by atoms with E-state index in [9.17, 15) is 4.79 Å². The molecule has 2 N–H and O–H groups in total. The largest absolute Gasteiger partial charge is 0.350 e. The SMILES string of the molecule is CC(NC(=O)CCC1CCNCC1)c1ccccc1Br.Cl. The number of carbonyl (C=O) groups is 1. The number of benzene rings is 1. The molecule has 2 rings (SSSR count). The fraction of sp³-hybridized carbons (Fsp3) is 0.562. The second-order valence-electron chi connectivity index (χ2n) is 5.54. The molecule has 3 nitrogen and oxygen atoms in total. The molecule has 118 valence electrons. The van der Waals surface area contributed by atoms with Crippen molar-refractivity contribution in [2.24, 2.45) is 5.92 Å². The van der Waals surface area contributed by atoms with E-state index >= 15 is 0 Å². The molecule has 0 radical (unpaired) electrons. The van der Waals surface area contributed by atoms with Crippen LogP contribution in [0.15, 0.2) is 28.7 Å². The van der Waals surface area contributed by atoms with E-state index in [1.165, 1.54) is 12.8 Å². The fourth-order valence-corrected chi connectivity index (χ4v) is 3.35. The first-order valence-electron chi connectivity index (χ1n) is 7.41. The molecule has 1 aromatic rings. The van der Waals surface area contributed by atoms with Gasteiger partial charge in [0, 0.05) is 10.9 Å². The molecule has 0 spiro atoms. The minimum absolute atomic E-state index is 0. The molecule has 1 fully saturated rings. The van der Waals surface area contributed by atoms with E-state index in [2.05, 4.69) is 26.6 Å². The highest BCUT2D eigenvalue weighted by atomic mass is 79.9. The maximum atomic E-state index is 12.0. The number of piperidine rings is 1.